The molecule has 0 aliphatic rings. The zero-order valence-corrected chi connectivity index (χ0v) is 8.26. The quantitative estimate of drug-likeness (QED) is 0.662. The molecule has 0 saturated carbocycles. The molecule has 72 valence electrons. The highest BCUT2D eigenvalue weighted by Gasteiger charge is 2.09. The smallest absolute Gasteiger partial charge is 0.210 e. The van der Waals surface area contributed by atoms with Crippen molar-refractivity contribution in [2.24, 2.45) is 7.05 Å². The number of hydrogen-bond acceptors (Lipinski definition) is 6. The van der Waals surface area contributed by atoms with Crippen LogP contribution < -0.4 is 0 Å². The maximum atomic E-state index is 5.66. The molecule has 2 rings (SSSR count). The number of aromatic nitrogens is 7. The first kappa shape index (κ1) is 8.95. The lowest BCUT2D eigenvalue weighted by Crippen LogP contribution is -1.98. The topological polar surface area (TPSA) is 82.3 Å². The van der Waals surface area contributed by atoms with Crippen LogP contribution in [0.5, 0.6) is 0 Å². The highest BCUT2D eigenvalue weighted by Crippen LogP contribution is 2.09. The number of hydrogen-bond donors (Lipinski definition) is 0. The molecule has 14 heavy (non-hydrogen) atoms. The first-order chi connectivity index (χ1) is 6.65. The molecule has 0 saturated heterocycles. The first-order valence-corrected chi connectivity index (χ1v) is 4.15. The maximum Gasteiger partial charge on any atom is 0.242 e. The molecule has 0 spiro atoms. The second kappa shape index (κ2) is 3.26. The lowest BCUT2D eigenvalue weighted by molar-refractivity contribution is 0.630. The van der Waals surface area contributed by atoms with Gasteiger partial charge in [0.15, 0.2) is 0 Å². The van der Waals surface area contributed by atoms with E-state index in [2.05, 4.69) is 30.4 Å². The van der Waals surface area contributed by atoms with Gasteiger partial charge in [-0.2, -0.15) is 9.78 Å². The summed E-state index contributed by atoms with van der Waals surface area (Å²) in [5.74, 6) is 1.18. The largest absolute Gasteiger partial charge is 0.242 e. The minimum atomic E-state index is 0.125. The summed E-state index contributed by atoms with van der Waals surface area (Å²) >= 11 is 5.66. The molecule has 0 unspecified atom stereocenters. The predicted octanol–water partition coefficient (Wildman–Crippen LogP) is 0.0239. The molecule has 0 fully saturated rings. The van der Waals surface area contributed by atoms with Crippen LogP contribution in [-0.2, 0) is 7.05 Å². The summed E-state index contributed by atoms with van der Waals surface area (Å²) in [6, 6.07) is 0. The molecule has 2 aromatic rings. The lowest BCUT2D eigenvalue weighted by atomic mass is 10.5. The third-order valence-electron chi connectivity index (χ3n) is 1.43. The van der Waals surface area contributed by atoms with E-state index >= 15 is 0 Å². The minimum Gasteiger partial charge on any atom is -0.210 e. The van der Waals surface area contributed by atoms with E-state index in [1.807, 2.05) is 0 Å². The third-order valence-corrected chi connectivity index (χ3v) is 1.60. The number of halogens is 1. The summed E-state index contributed by atoms with van der Waals surface area (Å²) < 4.78 is 0. The van der Waals surface area contributed by atoms with Gasteiger partial charge in [0.05, 0.1) is 7.05 Å². The van der Waals surface area contributed by atoms with Crippen molar-refractivity contribution in [1.82, 2.24) is 35.2 Å². The van der Waals surface area contributed by atoms with Crippen LogP contribution in [0.25, 0.3) is 11.6 Å². The van der Waals surface area contributed by atoms with Crippen LogP contribution in [0.15, 0.2) is 0 Å². The van der Waals surface area contributed by atoms with Crippen molar-refractivity contribution >= 4 is 11.6 Å². The molecule has 0 aliphatic heterocycles. The van der Waals surface area contributed by atoms with Crippen molar-refractivity contribution in [3.8, 4) is 11.6 Å². The van der Waals surface area contributed by atoms with Crippen LogP contribution >= 0.6 is 11.6 Å². The van der Waals surface area contributed by atoms with Gasteiger partial charge in [-0.15, -0.1) is 10.2 Å². The van der Waals surface area contributed by atoms with Gasteiger partial charge < -0.3 is 0 Å². The fourth-order valence-electron chi connectivity index (χ4n) is 0.923. The molecule has 2 heterocycles. The zero-order chi connectivity index (χ0) is 10.1. The van der Waals surface area contributed by atoms with Crippen molar-refractivity contribution in [2.75, 3.05) is 0 Å². The molecular weight excluding hydrogens is 206 g/mol. The Bertz CT molecular complexity index is 445. The normalized spacial score (nSPS) is 10.5. The molecule has 0 atom stereocenters. The van der Waals surface area contributed by atoms with Crippen LogP contribution in [0, 0.1) is 6.92 Å². The van der Waals surface area contributed by atoms with Gasteiger partial charge in [-0.1, -0.05) is 0 Å². The molecular formula is C6H6ClN7. The highest BCUT2D eigenvalue weighted by molar-refractivity contribution is 6.28. The number of rotatable bonds is 1. The highest BCUT2D eigenvalue weighted by atomic mass is 35.5. The Morgan fingerprint density at radius 2 is 1.93 bits per heavy atom. The second-order valence-corrected chi connectivity index (χ2v) is 2.92. The Kier molecular flexibility index (Phi) is 2.08. The van der Waals surface area contributed by atoms with Crippen LogP contribution in [0.2, 0.25) is 5.28 Å². The van der Waals surface area contributed by atoms with E-state index in [0.29, 0.717) is 17.5 Å². The Morgan fingerprint density at radius 3 is 2.50 bits per heavy atom. The summed E-state index contributed by atoms with van der Waals surface area (Å²) in [7, 11) is 1.66. The van der Waals surface area contributed by atoms with E-state index < -0.39 is 0 Å². The average molecular weight is 212 g/mol. The Labute approximate surface area is 84.2 Å². The van der Waals surface area contributed by atoms with Crippen LogP contribution in [0.1, 0.15) is 5.82 Å². The molecule has 0 bridgehead atoms. The van der Waals surface area contributed by atoms with Crippen molar-refractivity contribution in [3.63, 3.8) is 0 Å². The first-order valence-electron chi connectivity index (χ1n) is 3.78. The summed E-state index contributed by atoms with van der Waals surface area (Å²) in [5, 5.41) is 11.5. The van der Waals surface area contributed by atoms with Gasteiger partial charge >= 0.3 is 0 Å². The Hall–Kier alpha value is -1.63. The van der Waals surface area contributed by atoms with Gasteiger partial charge in [-0.25, -0.2) is 9.97 Å². The molecule has 0 amide bonds. The van der Waals surface area contributed by atoms with Crippen molar-refractivity contribution in [1.29, 1.82) is 0 Å². The predicted molar refractivity (Wildman–Crippen MR) is 47.4 cm³/mol. The third kappa shape index (κ3) is 1.67. The maximum absolute atomic E-state index is 5.66. The molecule has 8 heteroatoms. The Morgan fingerprint density at radius 1 is 1.14 bits per heavy atom. The van der Waals surface area contributed by atoms with Gasteiger partial charge in [0.25, 0.3) is 0 Å². The summed E-state index contributed by atoms with van der Waals surface area (Å²) in [6.45, 7) is 1.72. The van der Waals surface area contributed by atoms with Crippen molar-refractivity contribution < 1.29 is 0 Å². The number of tetrazole rings is 1. The van der Waals surface area contributed by atoms with E-state index in [4.69, 9.17) is 11.6 Å². The molecule has 0 radical (unpaired) electrons. The molecule has 0 N–H and O–H groups in total. The van der Waals surface area contributed by atoms with E-state index in [1.54, 1.807) is 14.0 Å². The van der Waals surface area contributed by atoms with Crippen LogP contribution in [-0.4, -0.2) is 35.2 Å². The van der Waals surface area contributed by atoms with Gasteiger partial charge in [0.1, 0.15) is 5.82 Å². The van der Waals surface area contributed by atoms with Gasteiger partial charge in [0.2, 0.25) is 16.9 Å². The molecule has 2 aromatic heterocycles. The van der Waals surface area contributed by atoms with Crippen molar-refractivity contribution in [2.45, 2.75) is 6.92 Å². The average Bonchev–Trinajstić information content (AvgIpc) is 2.50. The van der Waals surface area contributed by atoms with Crippen molar-refractivity contribution in [3.05, 3.63) is 11.1 Å². The Balaban J connectivity index is 2.51. The SMILES string of the molecule is Cc1nc(Cl)nc(-c2nnn(C)n2)n1. The molecule has 7 nitrogen and oxygen atoms in total. The van der Waals surface area contributed by atoms with E-state index in [1.165, 1.54) is 4.80 Å². The number of nitrogens with zero attached hydrogens (tertiary/aromatic N) is 7. The summed E-state index contributed by atoms with van der Waals surface area (Å²) in [5.41, 5.74) is 0. The molecule has 0 aliphatic carbocycles. The summed E-state index contributed by atoms with van der Waals surface area (Å²) in [4.78, 5) is 13.1. The standard InChI is InChI=1S/C6H6ClN7/c1-3-8-4(10-6(7)9-3)5-11-13-14(2)12-5/h1-2H3. The van der Waals surface area contributed by atoms with Gasteiger partial charge in [0, 0.05) is 0 Å². The lowest BCUT2D eigenvalue weighted by Gasteiger charge is -1.95. The van der Waals surface area contributed by atoms with Crippen LogP contribution in [0.4, 0.5) is 0 Å². The minimum absolute atomic E-state index is 0.125. The summed E-state index contributed by atoms with van der Waals surface area (Å²) in [6.07, 6.45) is 0. The van der Waals surface area contributed by atoms with Gasteiger partial charge in [-0.3, -0.25) is 0 Å². The van der Waals surface area contributed by atoms with E-state index in [0.717, 1.165) is 0 Å². The fourth-order valence-corrected chi connectivity index (χ4v) is 1.13. The number of aryl methyl sites for hydroxylation is 2. The van der Waals surface area contributed by atoms with E-state index in [-0.39, 0.29) is 5.28 Å². The fraction of sp³-hybridized carbons (Fsp3) is 0.333. The molecule has 0 aromatic carbocycles. The van der Waals surface area contributed by atoms with E-state index in [9.17, 15) is 0 Å². The monoisotopic (exact) mass is 211 g/mol. The van der Waals surface area contributed by atoms with Crippen LogP contribution in [0.3, 0.4) is 0 Å². The van der Waals surface area contributed by atoms with Gasteiger partial charge in [-0.05, 0) is 23.7 Å². The second-order valence-electron chi connectivity index (χ2n) is 2.58. The zero-order valence-electron chi connectivity index (χ0n) is 7.51.